The van der Waals surface area contributed by atoms with Crippen LogP contribution in [0.5, 0.6) is 0 Å². The standard InChI is InChI=1S/C66H48N2Si/c1-6-19-49(20-7-1)51-33-35-53(36-34-51)55-23-18-26-60(47-55)67(58-42-37-52(38-43-58)50-21-8-2-9-22-50)59-44-39-54(40-45-59)56-41-46-66-64(48-56)68(57-24-10-3-11-25-57)63-31-16-17-32-65(63)69(66,61-27-12-4-13-28-61)62-29-14-5-15-30-62/h1-48H. The maximum atomic E-state index is 2.49. The number of fused-ring (bicyclic) bond motifs is 2. The van der Waals surface area contributed by atoms with Crippen molar-refractivity contribution in [3.05, 3.63) is 291 Å². The number of nitrogens with zero attached hydrogens (tertiary/aromatic N) is 2. The molecule has 0 radical (unpaired) electrons. The van der Waals surface area contributed by atoms with Crippen LogP contribution in [-0.4, -0.2) is 8.07 Å². The van der Waals surface area contributed by atoms with Crippen LogP contribution in [0, 0.1) is 0 Å². The first-order chi connectivity index (χ1) is 34.2. The summed E-state index contributed by atoms with van der Waals surface area (Å²) in [5, 5.41) is 5.52. The molecule has 11 aromatic rings. The highest BCUT2D eigenvalue weighted by Gasteiger charge is 2.48. The topological polar surface area (TPSA) is 6.48 Å². The smallest absolute Gasteiger partial charge is 0.184 e. The van der Waals surface area contributed by atoms with Gasteiger partial charge in [-0.2, -0.15) is 0 Å². The molecule has 0 saturated carbocycles. The lowest BCUT2D eigenvalue weighted by Crippen LogP contribution is -2.77. The Morgan fingerprint density at radius 1 is 0.246 bits per heavy atom. The van der Waals surface area contributed by atoms with E-state index in [1.807, 2.05) is 0 Å². The van der Waals surface area contributed by atoms with Gasteiger partial charge in [-0.15, -0.1) is 0 Å². The molecular formula is C66H48N2Si. The zero-order chi connectivity index (χ0) is 46.0. The Morgan fingerprint density at radius 2 is 0.623 bits per heavy atom. The first-order valence-electron chi connectivity index (χ1n) is 23.7. The van der Waals surface area contributed by atoms with Crippen molar-refractivity contribution in [2.45, 2.75) is 0 Å². The van der Waals surface area contributed by atoms with Crippen molar-refractivity contribution in [1.82, 2.24) is 0 Å². The molecule has 1 aliphatic rings. The molecule has 0 amide bonds. The van der Waals surface area contributed by atoms with Crippen molar-refractivity contribution >= 4 is 62.9 Å². The van der Waals surface area contributed by atoms with E-state index in [1.165, 1.54) is 71.1 Å². The predicted molar refractivity (Wildman–Crippen MR) is 295 cm³/mol. The first kappa shape index (κ1) is 41.7. The molecule has 0 aromatic heterocycles. The molecule has 0 atom stereocenters. The molecule has 3 heteroatoms. The minimum Gasteiger partial charge on any atom is -0.311 e. The van der Waals surface area contributed by atoms with Gasteiger partial charge in [-0.05, 0) is 126 Å². The number of hydrogen-bond acceptors (Lipinski definition) is 2. The zero-order valence-corrected chi connectivity index (χ0v) is 39.1. The Balaban J connectivity index is 0.974. The lowest BCUT2D eigenvalue weighted by Gasteiger charge is -2.45. The van der Waals surface area contributed by atoms with Crippen molar-refractivity contribution in [2.24, 2.45) is 0 Å². The number of para-hydroxylation sites is 2. The minimum atomic E-state index is -2.80. The molecule has 11 aromatic carbocycles. The molecule has 69 heavy (non-hydrogen) atoms. The maximum absolute atomic E-state index is 2.80. The average molecular weight is 897 g/mol. The van der Waals surface area contributed by atoms with Gasteiger partial charge in [-0.3, -0.25) is 0 Å². The number of hydrogen-bond donors (Lipinski definition) is 0. The van der Waals surface area contributed by atoms with Gasteiger partial charge in [0.1, 0.15) is 0 Å². The van der Waals surface area contributed by atoms with Crippen LogP contribution in [0.15, 0.2) is 291 Å². The van der Waals surface area contributed by atoms with Crippen LogP contribution in [0.1, 0.15) is 0 Å². The molecule has 0 saturated heterocycles. The summed E-state index contributed by atoms with van der Waals surface area (Å²) in [5.74, 6) is 0. The van der Waals surface area contributed by atoms with Gasteiger partial charge in [-0.1, -0.05) is 231 Å². The maximum Gasteiger partial charge on any atom is 0.184 e. The molecule has 1 aliphatic heterocycles. The van der Waals surface area contributed by atoms with E-state index in [9.17, 15) is 0 Å². The van der Waals surface area contributed by atoms with Crippen LogP contribution in [0.25, 0.3) is 44.5 Å². The van der Waals surface area contributed by atoms with Crippen LogP contribution in [-0.2, 0) is 0 Å². The first-order valence-corrected chi connectivity index (χ1v) is 25.7. The summed E-state index contributed by atoms with van der Waals surface area (Å²) in [4.78, 5) is 4.86. The third-order valence-electron chi connectivity index (χ3n) is 13.7. The summed E-state index contributed by atoms with van der Waals surface area (Å²) >= 11 is 0. The Bertz CT molecular complexity index is 3470. The summed E-state index contributed by atoms with van der Waals surface area (Å²) in [6.07, 6.45) is 0. The molecule has 0 fully saturated rings. The Labute approximate surface area is 406 Å². The summed E-state index contributed by atoms with van der Waals surface area (Å²) < 4.78 is 0. The molecule has 0 N–H and O–H groups in total. The van der Waals surface area contributed by atoms with Crippen LogP contribution in [0.2, 0.25) is 0 Å². The second-order valence-electron chi connectivity index (χ2n) is 17.7. The highest BCUT2D eigenvalue weighted by atomic mass is 28.3. The molecule has 0 spiro atoms. The molecule has 12 rings (SSSR count). The van der Waals surface area contributed by atoms with Gasteiger partial charge in [-0.25, -0.2) is 0 Å². The second kappa shape index (κ2) is 18.1. The van der Waals surface area contributed by atoms with Crippen molar-refractivity contribution < 1.29 is 0 Å². The fourth-order valence-electron chi connectivity index (χ4n) is 10.5. The van der Waals surface area contributed by atoms with Crippen molar-refractivity contribution in [3.8, 4) is 44.5 Å². The van der Waals surface area contributed by atoms with Gasteiger partial charge < -0.3 is 9.80 Å². The molecular weight excluding hydrogens is 849 g/mol. The highest BCUT2D eigenvalue weighted by molar-refractivity contribution is 7.21. The van der Waals surface area contributed by atoms with E-state index in [0.717, 1.165) is 28.3 Å². The van der Waals surface area contributed by atoms with E-state index >= 15 is 0 Å². The van der Waals surface area contributed by atoms with E-state index in [0.29, 0.717) is 0 Å². The zero-order valence-electron chi connectivity index (χ0n) is 38.1. The van der Waals surface area contributed by atoms with Crippen LogP contribution >= 0.6 is 0 Å². The predicted octanol–water partition coefficient (Wildman–Crippen LogP) is 15.0. The average Bonchev–Trinajstić information content (AvgIpc) is 3.44. The monoisotopic (exact) mass is 896 g/mol. The van der Waals surface area contributed by atoms with E-state index in [-0.39, 0.29) is 0 Å². The summed E-state index contributed by atoms with van der Waals surface area (Å²) in [6.45, 7) is 0. The summed E-state index contributed by atoms with van der Waals surface area (Å²) in [7, 11) is -2.80. The molecule has 0 aliphatic carbocycles. The van der Waals surface area contributed by atoms with Crippen molar-refractivity contribution in [2.75, 3.05) is 9.80 Å². The summed E-state index contributed by atoms with van der Waals surface area (Å²) in [5.41, 5.74) is 16.3. The fourth-order valence-corrected chi connectivity index (χ4v) is 15.6. The quantitative estimate of drug-likeness (QED) is 0.126. The second-order valence-corrected chi connectivity index (χ2v) is 21.4. The SMILES string of the molecule is c1ccc(-c2ccc(-c3cccc(N(c4ccc(-c5ccccc5)cc4)c4ccc(-c5ccc6c(c5)N(c5ccccc5)c5ccccc5[Si]6(c5ccccc5)c5ccccc5)cc4)c3)cc2)cc1. The normalized spacial score (nSPS) is 12.4. The number of rotatable bonds is 10. The van der Waals surface area contributed by atoms with Gasteiger partial charge in [0.25, 0.3) is 0 Å². The Hall–Kier alpha value is -8.76. The lowest BCUT2D eigenvalue weighted by atomic mass is 9.99. The van der Waals surface area contributed by atoms with Gasteiger partial charge in [0, 0.05) is 34.1 Å². The van der Waals surface area contributed by atoms with E-state index in [2.05, 4.69) is 301 Å². The molecule has 1 heterocycles. The largest absolute Gasteiger partial charge is 0.311 e. The third kappa shape index (κ3) is 7.65. The molecule has 326 valence electrons. The molecule has 2 nitrogen and oxygen atoms in total. The Kier molecular flexibility index (Phi) is 11.0. The summed E-state index contributed by atoms with van der Waals surface area (Å²) in [6, 6.07) is 107. The lowest BCUT2D eigenvalue weighted by molar-refractivity contribution is 1.28. The third-order valence-corrected chi connectivity index (χ3v) is 18.6. The number of anilines is 6. The van der Waals surface area contributed by atoms with E-state index in [1.54, 1.807) is 0 Å². The van der Waals surface area contributed by atoms with Crippen molar-refractivity contribution in [3.63, 3.8) is 0 Å². The van der Waals surface area contributed by atoms with Gasteiger partial charge in [0.2, 0.25) is 0 Å². The van der Waals surface area contributed by atoms with E-state index in [4.69, 9.17) is 0 Å². The Morgan fingerprint density at radius 3 is 1.16 bits per heavy atom. The number of benzene rings is 11. The highest BCUT2D eigenvalue weighted by Crippen LogP contribution is 2.42. The van der Waals surface area contributed by atoms with Crippen molar-refractivity contribution in [1.29, 1.82) is 0 Å². The van der Waals surface area contributed by atoms with E-state index < -0.39 is 8.07 Å². The van der Waals surface area contributed by atoms with Crippen LogP contribution in [0.3, 0.4) is 0 Å². The van der Waals surface area contributed by atoms with Crippen LogP contribution in [0.4, 0.5) is 34.1 Å². The fraction of sp³-hybridized carbons (Fsp3) is 0. The van der Waals surface area contributed by atoms with Gasteiger partial charge >= 0.3 is 0 Å². The minimum absolute atomic E-state index is 1.08. The van der Waals surface area contributed by atoms with Gasteiger partial charge in [0.15, 0.2) is 8.07 Å². The van der Waals surface area contributed by atoms with Crippen LogP contribution < -0.4 is 30.5 Å². The molecule has 0 bridgehead atoms. The molecule has 0 unspecified atom stereocenters. The van der Waals surface area contributed by atoms with Gasteiger partial charge in [0.05, 0.1) is 0 Å².